The largest absolute Gasteiger partial charge is 0.416 e. The number of carbonyl (C=O) groups is 2. The van der Waals surface area contributed by atoms with Gasteiger partial charge in [0.1, 0.15) is 0 Å². The summed E-state index contributed by atoms with van der Waals surface area (Å²) < 4.78 is 38.4. The van der Waals surface area contributed by atoms with Crippen molar-refractivity contribution in [1.29, 1.82) is 0 Å². The van der Waals surface area contributed by atoms with Gasteiger partial charge in [-0.15, -0.1) is 0 Å². The van der Waals surface area contributed by atoms with Gasteiger partial charge >= 0.3 is 12.2 Å². The Labute approximate surface area is 199 Å². The normalized spacial score (nSPS) is 16.4. The van der Waals surface area contributed by atoms with Crippen LogP contribution in [0, 0.1) is 6.92 Å². The van der Waals surface area contributed by atoms with Crippen molar-refractivity contribution in [3.05, 3.63) is 76.1 Å². The fourth-order valence-corrected chi connectivity index (χ4v) is 4.86. The van der Waals surface area contributed by atoms with Gasteiger partial charge in [0, 0.05) is 30.9 Å². The van der Waals surface area contributed by atoms with Crippen LogP contribution < -0.4 is 4.90 Å². The lowest BCUT2D eigenvalue weighted by Crippen LogP contribution is -2.33. The Bertz CT molecular complexity index is 1180. The van der Waals surface area contributed by atoms with Crippen molar-refractivity contribution in [1.82, 2.24) is 14.9 Å². The molecule has 0 unspecified atom stereocenters. The second kappa shape index (κ2) is 9.54. The zero-order valence-electron chi connectivity index (χ0n) is 18.7. The predicted molar refractivity (Wildman–Crippen MR) is 123 cm³/mol. The number of amides is 2. The smallest absolute Gasteiger partial charge is 0.315 e. The maximum absolute atomic E-state index is 13.1. The number of rotatable bonds is 7. The Morgan fingerprint density at radius 3 is 2.56 bits per heavy atom. The first kappa shape index (κ1) is 23.9. The number of carbonyl (C=O) groups excluding carboxylic acids is 2. The number of ketones is 1. The molecule has 1 atom stereocenters. The quantitative estimate of drug-likeness (QED) is 0.411. The number of benzene rings is 1. The fourth-order valence-electron chi connectivity index (χ4n) is 3.82. The SMILES string of the molecule is Cc1nc(N2C[C@@H](C)N(Cc3ccc(C(F)(F)F)cc3)C2=O)sc1C(=O)CCc1ccccn1. The number of urea groups is 1. The molecule has 1 aliphatic heterocycles. The molecule has 0 aliphatic carbocycles. The van der Waals surface area contributed by atoms with Crippen molar-refractivity contribution in [2.24, 2.45) is 0 Å². The predicted octanol–water partition coefficient (Wildman–Crippen LogP) is 5.51. The van der Waals surface area contributed by atoms with E-state index in [0.29, 0.717) is 40.7 Å². The van der Waals surface area contributed by atoms with E-state index in [1.54, 1.807) is 18.0 Å². The summed E-state index contributed by atoms with van der Waals surface area (Å²) >= 11 is 1.19. The summed E-state index contributed by atoms with van der Waals surface area (Å²) in [6.45, 7) is 4.20. The van der Waals surface area contributed by atoms with Crippen LogP contribution in [0.4, 0.5) is 23.1 Å². The topological polar surface area (TPSA) is 66.4 Å². The van der Waals surface area contributed by atoms with E-state index in [1.807, 2.05) is 25.1 Å². The summed E-state index contributed by atoms with van der Waals surface area (Å²) in [6.07, 6.45) is -1.90. The van der Waals surface area contributed by atoms with Crippen molar-refractivity contribution in [3.8, 4) is 0 Å². The molecule has 1 fully saturated rings. The number of anilines is 1. The number of hydrogen-bond donors (Lipinski definition) is 0. The Hall–Kier alpha value is -3.27. The van der Waals surface area contributed by atoms with Crippen molar-refractivity contribution < 1.29 is 22.8 Å². The van der Waals surface area contributed by atoms with E-state index in [-0.39, 0.29) is 24.4 Å². The molecule has 34 heavy (non-hydrogen) atoms. The summed E-state index contributed by atoms with van der Waals surface area (Å²) in [5.41, 5.74) is 1.29. The first-order chi connectivity index (χ1) is 16.1. The van der Waals surface area contributed by atoms with E-state index in [2.05, 4.69) is 9.97 Å². The molecule has 1 aromatic carbocycles. The van der Waals surface area contributed by atoms with Gasteiger partial charge in [0.15, 0.2) is 10.9 Å². The number of nitrogens with zero attached hydrogens (tertiary/aromatic N) is 4. The van der Waals surface area contributed by atoms with Crippen LogP contribution in [0.3, 0.4) is 0 Å². The van der Waals surface area contributed by atoms with Gasteiger partial charge < -0.3 is 4.90 Å². The molecule has 0 radical (unpaired) electrons. The van der Waals surface area contributed by atoms with Crippen molar-refractivity contribution >= 4 is 28.3 Å². The van der Waals surface area contributed by atoms with Crippen LogP contribution in [0.1, 0.15) is 45.5 Å². The number of thiazole rings is 1. The highest BCUT2D eigenvalue weighted by Gasteiger charge is 2.37. The summed E-state index contributed by atoms with van der Waals surface area (Å²) in [7, 11) is 0. The van der Waals surface area contributed by atoms with Gasteiger partial charge in [-0.05, 0) is 50.1 Å². The van der Waals surface area contributed by atoms with E-state index < -0.39 is 11.7 Å². The molecule has 3 heterocycles. The average molecular weight is 489 g/mol. The highest BCUT2D eigenvalue weighted by atomic mass is 32.1. The molecule has 1 saturated heterocycles. The third-order valence-corrected chi connectivity index (χ3v) is 6.91. The van der Waals surface area contributed by atoms with Crippen LogP contribution in [0.2, 0.25) is 0 Å². The minimum absolute atomic E-state index is 0.0480. The number of hydrogen-bond acceptors (Lipinski definition) is 5. The molecule has 2 aromatic heterocycles. The van der Waals surface area contributed by atoms with Crippen LogP contribution in [0.15, 0.2) is 48.7 Å². The highest BCUT2D eigenvalue weighted by Crippen LogP contribution is 2.33. The molecular weight excluding hydrogens is 465 g/mol. The number of aryl methyl sites for hydroxylation is 2. The molecule has 0 saturated carbocycles. The third kappa shape index (κ3) is 5.11. The number of aromatic nitrogens is 2. The summed E-state index contributed by atoms with van der Waals surface area (Å²) in [6, 6.07) is 9.93. The number of pyridine rings is 1. The monoisotopic (exact) mass is 488 g/mol. The van der Waals surface area contributed by atoms with Gasteiger partial charge in [0.2, 0.25) is 0 Å². The Morgan fingerprint density at radius 2 is 1.91 bits per heavy atom. The molecule has 4 rings (SSSR count). The van der Waals surface area contributed by atoms with E-state index in [4.69, 9.17) is 0 Å². The van der Waals surface area contributed by atoms with Crippen LogP contribution in [0.25, 0.3) is 0 Å². The maximum atomic E-state index is 13.1. The second-order valence-electron chi connectivity index (χ2n) is 8.22. The van der Waals surface area contributed by atoms with Crippen molar-refractivity contribution in [2.75, 3.05) is 11.4 Å². The average Bonchev–Trinajstić information content (AvgIpc) is 3.32. The molecule has 10 heteroatoms. The first-order valence-electron chi connectivity index (χ1n) is 10.8. The highest BCUT2D eigenvalue weighted by molar-refractivity contribution is 7.17. The zero-order valence-corrected chi connectivity index (χ0v) is 19.5. The van der Waals surface area contributed by atoms with Gasteiger partial charge in [0.05, 0.1) is 22.7 Å². The van der Waals surface area contributed by atoms with Crippen LogP contribution in [-0.2, 0) is 19.1 Å². The molecular formula is C24H23F3N4O2S. The van der Waals surface area contributed by atoms with Crippen LogP contribution >= 0.6 is 11.3 Å². The lowest BCUT2D eigenvalue weighted by Gasteiger charge is -2.20. The number of Topliss-reactive ketones (excluding diaryl/α,β-unsaturated/α-hetero) is 1. The molecule has 3 aromatic rings. The Kier molecular flexibility index (Phi) is 6.70. The van der Waals surface area contributed by atoms with Crippen molar-refractivity contribution in [3.63, 3.8) is 0 Å². The molecule has 0 spiro atoms. The molecule has 0 bridgehead atoms. The van der Waals surface area contributed by atoms with Gasteiger partial charge in [-0.2, -0.15) is 13.2 Å². The second-order valence-corrected chi connectivity index (χ2v) is 9.20. The molecule has 2 amide bonds. The fraction of sp³-hybridized carbons (Fsp3) is 0.333. The van der Waals surface area contributed by atoms with Gasteiger partial charge in [-0.3, -0.25) is 14.7 Å². The molecule has 6 nitrogen and oxygen atoms in total. The number of halogens is 3. The standard InChI is InChI=1S/C24H23F3N4O2S/c1-15-13-31(23(33)30(15)14-17-6-8-18(9-7-17)24(25,26)27)22-29-16(2)21(34-22)20(32)11-10-19-5-3-4-12-28-19/h3-9,12,15H,10-11,13-14H2,1-2H3/t15-/m1/s1. The minimum Gasteiger partial charge on any atom is -0.315 e. The van der Waals surface area contributed by atoms with Crippen molar-refractivity contribution in [2.45, 2.75) is 45.5 Å². The lowest BCUT2D eigenvalue weighted by atomic mass is 10.1. The van der Waals surface area contributed by atoms with Gasteiger partial charge in [-0.1, -0.05) is 29.5 Å². The van der Waals surface area contributed by atoms with Gasteiger partial charge in [0.25, 0.3) is 0 Å². The summed E-state index contributed by atoms with van der Waals surface area (Å²) in [4.78, 5) is 38.2. The lowest BCUT2D eigenvalue weighted by molar-refractivity contribution is -0.137. The zero-order chi connectivity index (χ0) is 24.5. The molecule has 178 valence electrons. The minimum atomic E-state index is -4.40. The third-order valence-electron chi connectivity index (χ3n) is 5.69. The van der Waals surface area contributed by atoms with E-state index in [0.717, 1.165) is 17.8 Å². The Balaban J connectivity index is 1.44. The number of alkyl halides is 3. The van der Waals surface area contributed by atoms with Crippen LogP contribution in [0.5, 0.6) is 0 Å². The van der Waals surface area contributed by atoms with E-state index >= 15 is 0 Å². The van der Waals surface area contributed by atoms with Crippen LogP contribution in [-0.4, -0.2) is 39.3 Å². The maximum Gasteiger partial charge on any atom is 0.416 e. The summed E-state index contributed by atoms with van der Waals surface area (Å²) in [5.74, 6) is -0.0480. The Morgan fingerprint density at radius 1 is 1.18 bits per heavy atom. The molecule has 1 aliphatic rings. The summed E-state index contributed by atoms with van der Waals surface area (Å²) in [5, 5.41) is 0.449. The van der Waals surface area contributed by atoms with E-state index in [9.17, 15) is 22.8 Å². The first-order valence-corrected chi connectivity index (χ1v) is 11.6. The van der Waals surface area contributed by atoms with E-state index in [1.165, 1.54) is 28.4 Å². The van der Waals surface area contributed by atoms with Gasteiger partial charge in [-0.25, -0.2) is 9.78 Å². The molecule has 0 N–H and O–H groups in total.